The zero-order valence-corrected chi connectivity index (χ0v) is 16.6. The summed E-state index contributed by atoms with van der Waals surface area (Å²) in [6.45, 7) is 7.57. The standard InChI is InChI=1S/C18H25BrN2O4/c1-5-10-20-16(22)12(4)25-18(24)15(11(2)3)21-17(23)13-6-8-14(19)9-7-13/h6-9,11-12,15H,5,10H2,1-4H3,(H,20,22)(H,21,23)/t12-,15+/m1/s1. The van der Waals surface area contributed by atoms with Crippen molar-refractivity contribution < 1.29 is 19.1 Å². The number of ether oxygens (including phenoxy) is 1. The molecule has 0 heterocycles. The van der Waals surface area contributed by atoms with Crippen LogP contribution in [0.25, 0.3) is 0 Å². The van der Waals surface area contributed by atoms with E-state index in [4.69, 9.17) is 4.74 Å². The summed E-state index contributed by atoms with van der Waals surface area (Å²) in [4.78, 5) is 36.5. The van der Waals surface area contributed by atoms with E-state index in [-0.39, 0.29) is 17.7 Å². The van der Waals surface area contributed by atoms with Crippen LogP contribution in [0.15, 0.2) is 28.7 Å². The Balaban J connectivity index is 2.72. The van der Waals surface area contributed by atoms with Crippen molar-refractivity contribution in [1.82, 2.24) is 10.6 Å². The Hall–Kier alpha value is -1.89. The number of carbonyl (C=O) groups is 3. The van der Waals surface area contributed by atoms with Crippen molar-refractivity contribution in [2.24, 2.45) is 5.92 Å². The van der Waals surface area contributed by atoms with Crippen molar-refractivity contribution in [1.29, 1.82) is 0 Å². The molecule has 0 aromatic heterocycles. The maximum absolute atomic E-state index is 12.4. The number of rotatable bonds is 8. The Morgan fingerprint density at radius 2 is 1.72 bits per heavy atom. The van der Waals surface area contributed by atoms with E-state index < -0.39 is 18.1 Å². The Labute approximate surface area is 156 Å². The van der Waals surface area contributed by atoms with Gasteiger partial charge in [0.1, 0.15) is 6.04 Å². The summed E-state index contributed by atoms with van der Waals surface area (Å²) in [5.41, 5.74) is 0.440. The fourth-order valence-corrected chi connectivity index (χ4v) is 2.28. The van der Waals surface area contributed by atoms with Gasteiger partial charge in [0.2, 0.25) is 0 Å². The van der Waals surface area contributed by atoms with Gasteiger partial charge in [-0.15, -0.1) is 0 Å². The smallest absolute Gasteiger partial charge is 0.329 e. The average Bonchev–Trinajstić information content (AvgIpc) is 2.57. The van der Waals surface area contributed by atoms with E-state index in [9.17, 15) is 14.4 Å². The van der Waals surface area contributed by atoms with Crippen molar-refractivity contribution in [3.63, 3.8) is 0 Å². The van der Waals surface area contributed by atoms with Gasteiger partial charge in [-0.3, -0.25) is 9.59 Å². The van der Waals surface area contributed by atoms with E-state index in [1.807, 2.05) is 6.92 Å². The van der Waals surface area contributed by atoms with Gasteiger partial charge in [-0.1, -0.05) is 36.7 Å². The lowest BCUT2D eigenvalue weighted by Gasteiger charge is -2.23. The number of carbonyl (C=O) groups excluding carboxylic acids is 3. The van der Waals surface area contributed by atoms with E-state index in [0.29, 0.717) is 12.1 Å². The van der Waals surface area contributed by atoms with Crippen LogP contribution in [-0.2, 0) is 14.3 Å². The molecular weight excluding hydrogens is 388 g/mol. The number of nitrogens with one attached hydrogen (secondary N) is 2. The van der Waals surface area contributed by atoms with Crippen molar-refractivity contribution in [3.8, 4) is 0 Å². The molecule has 0 fully saturated rings. The molecule has 0 saturated heterocycles. The van der Waals surface area contributed by atoms with Crippen molar-refractivity contribution in [2.75, 3.05) is 6.54 Å². The lowest BCUT2D eigenvalue weighted by molar-refractivity contribution is -0.157. The number of hydrogen-bond acceptors (Lipinski definition) is 4. The molecule has 1 aromatic rings. The Morgan fingerprint density at radius 1 is 1.12 bits per heavy atom. The van der Waals surface area contributed by atoms with Crippen molar-refractivity contribution in [3.05, 3.63) is 34.3 Å². The van der Waals surface area contributed by atoms with E-state index in [1.165, 1.54) is 6.92 Å². The van der Waals surface area contributed by atoms with Crippen LogP contribution in [0, 0.1) is 5.92 Å². The highest BCUT2D eigenvalue weighted by Crippen LogP contribution is 2.12. The summed E-state index contributed by atoms with van der Waals surface area (Å²) in [5.74, 6) is -1.53. The minimum Gasteiger partial charge on any atom is -0.451 e. The second kappa shape index (κ2) is 10.2. The second-order valence-electron chi connectivity index (χ2n) is 6.07. The molecule has 2 atom stereocenters. The highest BCUT2D eigenvalue weighted by Gasteiger charge is 2.29. The lowest BCUT2D eigenvalue weighted by Crippen LogP contribution is -2.47. The molecule has 1 rings (SSSR count). The van der Waals surface area contributed by atoms with Gasteiger partial charge >= 0.3 is 5.97 Å². The summed E-state index contributed by atoms with van der Waals surface area (Å²) in [7, 11) is 0. The molecule has 0 radical (unpaired) electrons. The molecule has 2 N–H and O–H groups in total. The van der Waals surface area contributed by atoms with Gasteiger partial charge in [0, 0.05) is 16.6 Å². The molecule has 0 aliphatic heterocycles. The van der Waals surface area contributed by atoms with E-state index >= 15 is 0 Å². The van der Waals surface area contributed by atoms with Gasteiger partial charge in [0.15, 0.2) is 6.10 Å². The highest BCUT2D eigenvalue weighted by atomic mass is 79.9. The highest BCUT2D eigenvalue weighted by molar-refractivity contribution is 9.10. The molecule has 0 saturated carbocycles. The normalized spacial score (nSPS) is 13.0. The zero-order chi connectivity index (χ0) is 19.0. The van der Waals surface area contributed by atoms with Crippen molar-refractivity contribution in [2.45, 2.75) is 46.3 Å². The third kappa shape index (κ3) is 6.86. The molecule has 2 amide bonds. The monoisotopic (exact) mass is 412 g/mol. The predicted molar refractivity (Wildman–Crippen MR) is 99.1 cm³/mol. The van der Waals surface area contributed by atoms with Gasteiger partial charge in [0.05, 0.1) is 0 Å². The maximum atomic E-state index is 12.4. The minimum atomic E-state index is -0.912. The average molecular weight is 413 g/mol. The second-order valence-corrected chi connectivity index (χ2v) is 6.99. The Bertz CT molecular complexity index is 602. The first-order valence-electron chi connectivity index (χ1n) is 8.30. The zero-order valence-electron chi connectivity index (χ0n) is 15.0. The molecule has 7 heteroatoms. The predicted octanol–water partition coefficient (Wildman–Crippen LogP) is 2.66. The molecule has 0 spiro atoms. The van der Waals surface area contributed by atoms with Crippen molar-refractivity contribution >= 4 is 33.7 Å². The molecule has 6 nitrogen and oxygen atoms in total. The topological polar surface area (TPSA) is 84.5 Å². The molecule has 1 aromatic carbocycles. The van der Waals surface area contributed by atoms with Crippen LogP contribution in [0.2, 0.25) is 0 Å². The van der Waals surface area contributed by atoms with Crippen LogP contribution in [-0.4, -0.2) is 36.5 Å². The summed E-state index contributed by atoms with van der Waals surface area (Å²) in [6.07, 6.45) is -0.116. The molecule has 25 heavy (non-hydrogen) atoms. The van der Waals surface area contributed by atoms with E-state index in [2.05, 4.69) is 26.6 Å². The number of amides is 2. The summed E-state index contributed by atoms with van der Waals surface area (Å²) in [6, 6.07) is 5.97. The molecule has 0 unspecified atom stereocenters. The Kier molecular flexibility index (Phi) is 8.61. The van der Waals surface area contributed by atoms with Gasteiger partial charge in [-0.05, 0) is 43.5 Å². The van der Waals surface area contributed by atoms with E-state index in [1.54, 1.807) is 38.1 Å². The number of benzene rings is 1. The fourth-order valence-electron chi connectivity index (χ4n) is 2.02. The lowest BCUT2D eigenvalue weighted by atomic mass is 10.0. The van der Waals surface area contributed by atoms with Crippen LogP contribution in [0.4, 0.5) is 0 Å². The first-order chi connectivity index (χ1) is 11.8. The summed E-state index contributed by atoms with van der Waals surface area (Å²) in [5, 5.41) is 5.35. The summed E-state index contributed by atoms with van der Waals surface area (Å²) < 4.78 is 6.07. The van der Waals surface area contributed by atoms with Gasteiger partial charge in [0.25, 0.3) is 11.8 Å². The third-order valence-electron chi connectivity index (χ3n) is 3.52. The molecule has 0 bridgehead atoms. The quantitative estimate of drug-likeness (QED) is 0.642. The van der Waals surface area contributed by atoms with Crippen LogP contribution >= 0.6 is 15.9 Å². The SMILES string of the molecule is CCCNC(=O)[C@@H](C)OC(=O)[C@@H](NC(=O)c1ccc(Br)cc1)C(C)C. The van der Waals surface area contributed by atoms with Crippen LogP contribution in [0.1, 0.15) is 44.5 Å². The summed E-state index contributed by atoms with van der Waals surface area (Å²) >= 11 is 3.31. The molecule has 138 valence electrons. The number of halogens is 1. The first kappa shape index (κ1) is 21.2. The number of hydrogen-bond donors (Lipinski definition) is 2. The van der Waals surface area contributed by atoms with Gasteiger partial charge < -0.3 is 15.4 Å². The fraction of sp³-hybridized carbons (Fsp3) is 0.500. The van der Waals surface area contributed by atoms with Gasteiger partial charge in [-0.25, -0.2) is 4.79 Å². The van der Waals surface area contributed by atoms with Crippen LogP contribution < -0.4 is 10.6 Å². The van der Waals surface area contributed by atoms with E-state index in [0.717, 1.165) is 10.9 Å². The maximum Gasteiger partial charge on any atom is 0.329 e. The van der Waals surface area contributed by atoms with Gasteiger partial charge in [-0.2, -0.15) is 0 Å². The first-order valence-corrected chi connectivity index (χ1v) is 9.10. The number of esters is 1. The molecular formula is C18H25BrN2O4. The third-order valence-corrected chi connectivity index (χ3v) is 4.05. The van der Waals surface area contributed by atoms with Crippen LogP contribution in [0.3, 0.4) is 0 Å². The van der Waals surface area contributed by atoms with Crippen LogP contribution in [0.5, 0.6) is 0 Å². The minimum absolute atomic E-state index is 0.183. The molecule has 0 aliphatic rings. The molecule has 0 aliphatic carbocycles. The largest absolute Gasteiger partial charge is 0.451 e. The Morgan fingerprint density at radius 3 is 2.24 bits per heavy atom.